The van der Waals surface area contributed by atoms with E-state index in [0.717, 1.165) is 29.7 Å². The molecule has 4 heteroatoms. The van der Waals surface area contributed by atoms with Crippen LogP contribution in [0.3, 0.4) is 0 Å². The number of nitrogens with two attached hydrogens (primary N) is 1. The molecule has 0 spiro atoms. The molecule has 0 saturated carbocycles. The Hall–Kier alpha value is -1.13. The van der Waals surface area contributed by atoms with Gasteiger partial charge in [-0.2, -0.15) is 0 Å². The Labute approximate surface area is 127 Å². The van der Waals surface area contributed by atoms with Gasteiger partial charge in [-0.1, -0.05) is 32.1 Å². The fourth-order valence-corrected chi connectivity index (χ4v) is 3.39. The number of benzene rings is 1. The molecule has 1 aliphatic rings. The number of rotatable bonds is 4. The molecular formula is C16H24N2OS. The number of ether oxygens (including phenoxy) is 1. The van der Waals surface area contributed by atoms with Crippen LogP contribution in [0.15, 0.2) is 18.2 Å². The van der Waals surface area contributed by atoms with Gasteiger partial charge in [-0.25, -0.2) is 0 Å². The van der Waals surface area contributed by atoms with E-state index in [2.05, 4.69) is 30.9 Å². The van der Waals surface area contributed by atoms with Gasteiger partial charge in [0.05, 0.1) is 12.7 Å². The first kappa shape index (κ1) is 15.3. The predicted molar refractivity (Wildman–Crippen MR) is 87.1 cm³/mol. The van der Waals surface area contributed by atoms with Crippen LogP contribution < -0.4 is 10.5 Å². The Kier molecular flexibility index (Phi) is 5.00. The summed E-state index contributed by atoms with van der Waals surface area (Å²) >= 11 is 5.04. The minimum Gasteiger partial charge on any atom is -0.496 e. The Balaban J connectivity index is 2.11. The smallest absolute Gasteiger partial charge is 0.129 e. The first-order valence-electron chi connectivity index (χ1n) is 7.18. The number of nitrogens with zero attached hydrogens (tertiary/aromatic N) is 1. The summed E-state index contributed by atoms with van der Waals surface area (Å²) in [4.78, 5) is 2.90. The summed E-state index contributed by atoms with van der Waals surface area (Å²) in [5, 5.41) is 0. The molecule has 3 nitrogen and oxygen atoms in total. The second-order valence-electron chi connectivity index (χ2n) is 6.04. The van der Waals surface area contributed by atoms with Crippen molar-refractivity contribution < 1.29 is 4.74 Å². The minimum atomic E-state index is 0.383. The number of piperidine rings is 1. The molecule has 0 aromatic heterocycles. The lowest BCUT2D eigenvalue weighted by molar-refractivity contribution is 0.134. The van der Waals surface area contributed by atoms with E-state index in [1.807, 2.05) is 6.07 Å². The van der Waals surface area contributed by atoms with Crippen LogP contribution >= 0.6 is 12.2 Å². The van der Waals surface area contributed by atoms with Gasteiger partial charge in [0.2, 0.25) is 0 Å². The molecule has 0 amide bonds. The lowest BCUT2D eigenvalue weighted by atomic mass is 9.91. The van der Waals surface area contributed by atoms with E-state index >= 15 is 0 Å². The van der Waals surface area contributed by atoms with Crippen molar-refractivity contribution in [1.82, 2.24) is 4.90 Å². The van der Waals surface area contributed by atoms with Gasteiger partial charge >= 0.3 is 0 Å². The molecule has 1 aromatic carbocycles. The van der Waals surface area contributed by atoms with Gasteiger partial charge in [-0.05, 0) is 36.0 Å². The van der Waals surface area contributed by atoms with Gasteiger partial charge in [0.25, 0.3) is 0 Å². The van der Waals surface area contributed by atoms with Crippen molar-refractivity contribution in [1.29, 1.82) is 0 Å². The third kappa shape index (κ3) is 3.70. The molecule has 2 atom stereocenters. The summed E-state index contributed by atoms with van der Waals surface area (Å²) in [6.45, 7) is 7.97. The molecule has 1 aliphatic heterocycles. The molecule has 1 aromatic rings. The second-order valence-corrected chi connectivity index (χ2v) is 6.48. The molecule has 2 N–H and O–H groups in total. The molecule has 2 rings (SSSR count). The zero-order valence-corrected chi connectivity index (χ0v) is 13.4. The highest BCUT2D eigenvalue weighted by molar-refractivity contribution is 7.80. The van der Waals surface area contributed by atoms with Gasteiger partial charge in [-0.3, -0.25) is 4.90 Å². The van der Waals surface area contributed by atoms with Crippen LogP contribution in [0.2, 0.25) is 0 Å². The lowest BCUT2D eigenvalue weighted by Gasteiger charge is -2.35. The molecule has 1 heterocycles. The molecule has 2 unspecified atom stereocenters. The number of likely N-dealkylation sites (tertiary alicyclic amines) is 1. The number of hydrogen-bond acceptors (Lipinski definition) is 3. The molecular weight excluding hydrogens is 268 g/mol. The fraction of sp³-hybridized carbons (Fsp3) is 0.562. The summed E-state index contributed by atoms with van der Waals surface area (Å²) in [5.41, 5.74) is 7.77. The van der Waals surface area contributed by atoms with E-state index in [-0.39, 0.29) is 0 Å². The van der Waals surface area contributed by atoms with E-state index in [1.54, 1.807) is 7.11 Å². The van der Waals surface area contributed by atoms with Crippen molar-refractivity contribution >= 4 is 17.2 Å². The van der Waals surface area contributed by atoms with Crippen LogP contribution in [0.5, 0.6) is 5.75 Å². The first-order valence-corrected chi connectivity index (χ1v) is 7.59. The molecule has 110 valence electrons. The predicted octanol–water partition coefficient (Wildman–Crippen LogP) is 2.81. The van der Waals surface area contributed by atoms with Crippen molar-refractivity contribution in [3.63, 3.8) is 0 Å². The largest absolute Gasteiger partial charge is 0.496 e. The van der Waals surface area contributed by atoms with Crippen LogP contribution in [0, 0.1) is 11.8 Å². The second kappa shape index (κ2) is 6.55. The highest BCUT2D eigenvalue weighted by atomic mass is 32.1. The van der Waals surface area contributed by atoms with Gasteiger partial charge in [0.15, 0.2) is 0 Å². The lowest BCUT2D eigenvalue weighted by Crippen LogP contribution is -2.38. The zero-order chi connectivity index (χ0) is 14.7. The van der Waals surface area contributed by atoms with E-state index in [0.29, 0.717) is 4.99 Å². The van der Waals surface area contributed by atoms with Gasteiger partial charge < -0.3 is 10.5 Å². The van der Waals surface area contributed by atoms with Crippen LogP contribution in [0.25, 0.3) is 0 Å². The highest BCUT2D eigenvalue weighted by Crippen LogP contribution is 2.25. The van der Waals surface area contributed by atoms with Crippen molar-refractivity contribution in [3.05, 3.63) is 29.3 Å². The van der Waals surface area contributed by atoms with Crippen molar-refractivity contribution in [2.45, 2.75) is 26.8 Å². The summed E-state index contributed by atoms with van der Waals surface area (Å²) in [5.74, 6) is 2.32. The van der Waals surface area contributed by atoms with E-state index in [1.165, 1.54) is 25.1 Å². The Morgan fingerprint density at radius 3 is 2.55 bits per heavy atom. The highest BCUT2D eigenvalue weighted by Gasteiger charge is 2.21. The van der Waals surface area contributed by atoms with Gasteiger partial charge in [0, 0.05) is 19.6 Å². The normalized spacial score (nSPS) is 23.6. The first-order chi connectivity index (χ1) is 9.49. The SMILES string of the molecule is COc1cc(CN2CC(C)CC(C)C2)ccc1C(N)=S. The monoisotopic (exact) mass is 292 g/mol. The maximum Gasteiger partial charge on any atom is 0.129 e. The number of methoxy groups -OCH3 is 1. The van der Waals surface area contributed by atoms with E-state index in [9.17, 15) is 0 Å². The van der Waals surface area contributed by atoms with Crippen LogP contribution in [0.4, 0.5) is 0 Å². The summed E-state index contributed by atoms with van der Waals surface area (Å²) < 4.78 is 5.39. The van der Waals surface area contributed by atoms with Crippen molar-refractivity contribution in [2.75, 3.05) is 20.2 Å². The molecule has 0 aliphatic carbocycles. The Morgan fingerprint density at radius 1 is 1.35 bits per heavy atom. The molecule has 1 saturated heterocycles. The zero-order valence-electron chi connectivity index (χ0n) is 12.6. The minimum absolute atomic E-state index is 0.383. The fourth-order valence-electron chi connectivity index (χ4n) is 3.22. The third-order valence-corrected chi connectivity index (χ3v) is 4.10. The maximum absolute atomic E-state index is 5.70. The third-order valence-electron chi connectivity index (χ3n) is 3.88. The number of thiocarbonyl (C=S) groups is 1. The van der Waals surface area contributed by atoms with E-state index < -0.39 is 0 Å². The average Bonchev–Trinajstić information content (AvgIpc) is 2.37. The molecule has 0 radical (unpaired) electrons. The van der Waals surface area contributed by atoms with Crippen molar-refractivity contribution in [2.24, 2.45) is 17.6 Å². The standard InChI is InChI=1S/C16H24N2OS/c1-11-6-12(2)9-18(8-11)10-13-4-5-14(16(17)20)15(7-13)19-3/h4-5,7,11-12H,6,8-10H2,1-3H3,(H2,17,20). The molecule has 0 bridgehead atoms. The number of hydrogen-bond donors (Lipinski definition) is 1. The van der Waals surface area contributed by atoms with Gasteiger partial charge in [0.1, 0.15) is 10.7 Å². The molecule has 20 heavy (non-hydrogen) atoms. The average molecular weight is 292 g/mol. The summed E-state index contributed by atoms with van der Waals surface area (Å²) in [6, 6.07) is 6.12. The maximum atomic E-state index is 5.70. The Bertz CT molecular complexity index is 479. The van der Waals surface area contributed by atoms with Crippen LogP contribution in [-0.2, 0) is 6.54 Å². The van der Waals surface area contributed by atoms with Crippen LogP contribution in [0.1, 0.15) is 31.4 Å². The Morgan fingerprint density at radius 2 is 2.00 bits per heavy atom. The van der Waals surface area contributed by atoms with Crippen LogP contribution in [-0.4, -0.2) is 30.1 Å². The quantitative estimate of drug-likeness (QED) is 0.866. The summed E-state index contributed by atoms with van der Waals surface area (Å²) in [6.07, 6.45) is 1.33. The topological polar surface area (TPSA) is 38.5 Å². The van der Waals surface area contributed by atoms with Gasteiger partial charge in [-0.15, -0.1) is 0 Å². The van der Waals surface area contributed by atoms with Crippen molar-refractivity contribution in [3.8, 4) is 5.75 Å². The summed E-state index contributed by atoms with van der Waals surface area (Å²) in [7, 11) is 1.66. The van der Waals surface area contributed by atoms with E-state index in [4.69, 9.17) is 22.7 Å². The molecule has 1 fully saturated rings.